The van der Waals surface area contributed by atoms with E-state index in [9.17, 15) is 4.79 Å². The summed E-state index contributed by atoms with van der Waals surface area (Å²) in [7, 11) is 0. The lowest BCUT2D eigenvalue weighted by atomic mass is 10.0. The molecule has 0 fully saturated rings. The van der Waals surface area contributed by atoms with Gasteiger partial charge in [0.05, 0.1) is 0 Å². The fourth-order valence-electron chi connectivity index (χ4n) is 2.22. The van der Waals surface area contributed by atoms with Crippen LogP contribution >= 0.6 is 0 Å². The quantitative estimate of drug-likeness (QED) is 0.643. The van der Waals surface area contributed by atoms with Crippen molar-refractivity contribution in [1.29, 1.82) is 0 Å². The molecule has 3 rings (SSSR count). The molecule has 0 atom stereocenters. The van der Waals surface area contributed by atoms with Crippen molar-refractivity contribution >= 4 is 17.2 Å². The number of benzene rings is 2. The van der Waals surface area contributed by atoms with Crippen molar-refractivity contribution in [3.05, 3.63) is 75.8 Å². The van der Waals surface area contributed by atoms with Crippen molar-refractivity contribution in [2.24, 2.45) is 0 Å². The van der Waals surface area contributed by atoms with Crippen LogP contribution in [0.2, 0.25) is 0 Å². The zero-order valence-corrected chi connectivity index (χ0v) is 12.7. The van der Waals surface area contributed by atoms with Gasteiger partial charge in [-0.3, -0.25) is 0 Å². The molecule has 0 saturated heterocycles. The molecule has 23 heavy (non-hydrogen) atoms. The van der Waals surface area contributed by atoms with E-state index >= 15 is 0 Å². The lowest BCUT2D eigenvalue weighted by Gasteiger charge is -2.08. The van der Waals surface area contributed by atoms with E-state index in [0.29, 0.717) is 11.5 Å². The third-order valence-corrected chi connectivity index (χ3v) is 3.48. The summed E-state index contributed by atoms with van der Waals surface area (Å²) in [5.41, 5.74) is 9.87. The van der Waals surface area contributed by atoms with Crippen LogP contribution in [-0.4, -0.2) is 15.2 Å². The van der Waals surface area contributed by atoms with E-state index in [1.165, 1.54) is 11.1 Å². The predicted octanol–water partition coefficient (Wildman–Crippen LogP) is 2.39. The lowest BCUT2D eigenvalue weighted by Crippen LogP contribution is -2.15. The number of hydrogen-bond donors (Lipinski definition) is 3. The van der Waals surface area contributed by atoms with Gasteiger partial charge in [-0.2, -0.15) is 10.1 Å². The Hall–Kier alpha value is -3.15. The number of nitrogens with one attached hydrogen (secondary N) is 2. The van der Waals surface area contributed by atoms with Crippen molar-refractivity contribution < 1.29 is 0 Å². The molecule has 0 saturated carbocycles. The first-order valence-electron chi connectivity index (χ1n) is 7.24. The van der Waals surface area contributed by atoms with Gasteiger partial charge in [0.1, 0.15) is 5.69 Å². The van der Waals surface area contributed by atoms with Crippen LogP contribution in [0.4, 0.5) is 17.2 Å². The molecule has 4 N–H and O–H groups in total. The summed E-state index contributed by atoms with van der Waals surface area (Å²) in [5, 5.41) is 9.28. The Morgan fingerprint density at radius 2 is 1.65 bits per heavy atom. The molecular weight excluding hydrogens is 290 g/mol. The Balaban J connectivity index is 1.73. The number of nitrogen functional groups attached to an aromatic ring is 1. The van der Waals surface area contributed by atoms with Gasteiger partial charge in [0.2, 0.25) is 0 Å². The highest BCUT2D eigenvalue weighted by atomic mass is 16.1. The number of aryl methyl sites for hydroxylation is 1. The van der Waals surface area contributed by atoms with E-state index < -0.39 is 5.69 Å². The Kier molecular flexibility index (Phi) is 4.05. The maximum atomic E-state index is 11.2. The Labute approximate surface area is 133 Å². The Morgan fingerprint density at radius 1 is 1.04 bits per heavy atom. The summed E-state index contributed by atoms with van der Waals surface area (Å²) in [6.45, 7) is 1.78. The lowest BCUT2D eigenvalue weighted by molar-refractivity contribution is 0.885. The number of aromatic amines is 1. The number of nitrogens with two attached hydrogens (primary N) is 1. The molecule has 0 amide bonds. The summed E-state index contributed by atoms with van der Waals surface area (Å²) in [4.78, 5) is 15.1. The molecule has 0 radical (unpaired) electrons. The molecule has 3 aromatic rings. The summed E-state index contributed by atoms with van der Waals surface area (Å²) in [6, 6.07) is 15.8. The van der Waals surface area contributed by atoms with Crippen LogP contribution in [0.25, 0.3) is 0 Å². The standard InChI is InChI=1S/C17H17N5O/c1-11-16(20-17(23)22-21-11)19-15-8-4-13(5-9-15)10-12-2-6-14(18)7-3-12/h2-9H,10,18H2,1H3,(H2,19,20,22,23). The van der Waals surface area contributed by atoms with Gasteiger partial charge in [-0.1, -0.05) is 24.3 Å². The first-order valence-corrected chi connectivity index (χ1v) is 7.24. The van der Waals surface area contributed by atoms with E-state index in [1.807, 2.05) is 48.5 Å². The average molecular weight is 307 g/mol. The first-order chi connectivity index (χ1) is 11.1. The van der Waals surface area contributed by atoms with Crippen molar-refractivity contribution in [2.45, 2.75) is 13.3 Å². The van der Waals surface area contributed by atoms with Gasteiger partial charge in [0.15, 0.2) is 5.82 Å². The number of nitrogens with zero attached hydrogens (tertiary/aromatic N) is 2. The molecule has 2 aromatic carbocycles. The van der Waals surface area contributed by atoms with E-state index in [0.717, 1.165) is 17.8 Å². The summed E-state index contributed by atoms with van der Waals surface area (Å²) < 4.78 is 0. The van der Waals surface area contributed by atoms with Crippen molar-refractivity contribution in [1.82, 2.24) is 15.2 Å². The van der Waals surface area contributed by atoms with Crippen LogP contribution < -0.4 is 16.7 Å². The topological polar surface area (TPSA) is 96.7 Å². The van der Waals surface area contributed by atoms with Crippen molar-refractivity contribution in [3.8, 4) is 0 Å². The summed E-state index contributed by atoms with van der Waals surface area (Å²) >= 11 is 0. The van der Waals surface area contributed by atoms with Gasteiger partial charge < -0.3 is 11.1 Å². The fraction of sp³-hybridized carbons (Fsp3) is 0.118. The molecule has 116 valence electrons. The highest BCUT2D eigenvalue weighted by molar-refractivity contribution is 5.57. The fourth-order valence-corrected chi connectivity index (χ4v) is 2.22. The minimum absolute atomic E-state index is 0.458. The molecule has 0 aliphatic heterocycles. The number of aromatic nitrogens is 3. The Bertz CT molecular complexity index is 853. The SMILES string of the molecule is Cc1n[nH]c(=O)nc1Nc1ccc(Cc2ccc(N)cc2)cc1. The number of rotatable bonds is 4. The molecule has 0 bridgehead atoms. The van der Waals surface area contributed by atoms with Crippen molar-refractivity contribution in [2.75, 3.05) is 11.1 Å². The monoisotopic (exact) mass is 307 g/mol. The predicted molar refractivity (Wildman–Crippen MR) is 90.8 cm³/mol. The van der Waals surface area contributed by atoms with E-state index in [1.54, 1.807) is 6.92 Å². The van der Waals surface area contributed by atoms with E-state index in [-0.39, 0.29) is 0 Å². The zero-order valence-electron chi connectivity index (χ0n) is 12.7. The molecular formula is C17H17N5O. The molecule has 1 heterocycles. The minimum Gasteiger partial charge on any atom is -0.399 e. The molecule has 0 aliphatic carbocycles. The summed E-state index contributed by atoms with van der Waals surface area (Å²) in [6.07, 6.45) is 0.838. The molecule has 0 aliphatic rings. The maximum Gasteiger partial charge on any atom is 0.363 e. The van der Waals surface area contributed by atoms with Crippen LogP contribution in [-0.2, 0) is 6.42 Å². The van der Waals surface area contributed by atoms with Gasteiger partial charge in [-0.15, -0.1) is 0 Å². The van der Waals surface area contributed by atoms with Crippen LogP contribution in [0, 0.1) is 6.92 Å². The van der Waals surface area contributed by atoms with Crippen LogP contribution in [0.1, 0.15) is 16.8 Å². The minimum atomic E-state index is -0.474. The second-order valence-corrected chi connectivity index (χ2v) is 5.31. The normalized spacial score (nSPS) is 10.5. The van der Waals surface area contributed by atoms with Crippen LogP contribution in [0.5, 0.6) is 0 Å². The van der Waals surface area contributed by atoms with Crippen LogP contribution in [0.3, 0.4) is 0 Å². The Morgan fingerprint density at radius 3 is 2.30 bits per heavy atom. The van der Waals surface area contributed by atoms with Gasteiger partial charge in [0.25, 0.3) is 0 Å². The molecule has 6 heteroatoms. The number of hydrogen-bond acceptors (Lipinski definition) is 5. The number of anilines is 3. The molecule has 0 unspecified atom stereocenters. The van der Waals surface area contributed by atoms with Gasteiger partial charge in [-0.25, -0.2) is 9.89 Å². The smallest absolute Gasteiger partial charge is 0.363 e. The first kappa shape index (κ1) is 14.8. The maximum absolute atomic E-state index is 11.2. The van der Waals surface area contributed by atoms with Crippen LogP contribution in [0.15, 0.2) is 53.3 Å². The molecule has 6 nitrogen and oxygen atoms in total. The molecule has 1 aromatic heterocycles. The van der Waals surface area contributed by atoms with Gasteiger partial charge in [0, 0.05) is 11.4 Å². The van der Waals surface area contributed by atoms with Gasteiger partial charge >= 0.3 is 5.69 Å². The average Bonchev–Trinajstić information content (AvgIpc) is 2.55. The highest BCUT2D eigenvalue weighted by Crippen LogP contribution is 2.18. The van der Waals surface area contributed by atoms with Crippen molar-refractivity contribution in [3.63, 3.8) is 0 Å². The summed E-state index contributed by atoms with van der Waals surface area (Å²) in [5.74, 6) is 0.458. The molecule has 0 spiro atoms. The van der Waals surface area contributed by atoms with Gasteiger partial charge in [-0.05, 0) is 48.7 Å². The zero-order chi connectivity index (χ0) is 16.2. The van der Waals surface area contributed by atoms with E-state index in [4.69, 9.17) is 5.73 Å². The third-order valence-electron chi connectivity index (χ3n) is 3.48. The highest BCUT2D eigenvalue weighted by Gasteiger charge is 2.03. The largest absolute Gasteiger partial charge is 0.399 e. The van der Waals surface area contributed by atoms with E-state index in [2.05, 4.69) is 20.5 Å². The third kappa shape index (κ3) is 3.74. The second-order valence-electron chi connectivity index (χ2n) is 5.31. The second kappa shape index (κ2) is 6.31. The number of H-pyrrole nitrogens is 1.